The van der Waals surface area contributed by atoms with Crippen molar-refractivity contribution < 1.29 is 9.18 Å². The van der Waals surface area contributed by atoms with Gasteiger partial charge in [0.05, 0.1) is 0 Å². The first-order valence-corrected chi connectivity index (χ1v) is 7.69. The number of nitrogens with zero attached hydrogens (tertiary/aromatic N) is 3. The van der Waals surface area contributed by atoms with Gasteiger partial charge in [0.1, 0.15) is 5.82 Å². The number of aromatic nitrogens is 3. The van der Waals surface area contributed by atoms with Gasteiger partial charge in [-0.05, 0) is 37.5 Å². The van der Waals surface area contributed by atoms with Crippen molar-refractivity contribution in [3.05, 3.63) is 24.1 Å². The van der Waals surface area contributed by atoms with E-state index < -0.39 is 11.7 Å². The summed E-state index contributed by atoms with van der Waals surface area (Å²) in [5, 5.41) is 7.37. The number of aromatic amines is 1. The second-order valence-corrected chi connectivity index (χ2v) is 6.58. The molecule has 1 aromatic rings. The number of carbonyl (C=O) groups is 1. The second-order valence-electron chi connectivity index (χ2n) is 6.58. The highest BCUT2D eigenvalue weighted by molar-refractivity contribution is 5.90. The highest BCUT2D eigenvalue weighted by Crippen LogP contribution is 2.47. The van der Waals surface area contributed by atoms with Crippen molar-refractivity contribution in [1.82, 2.24) is 20.1 Å². The minimum atomic E-state index is -0.874. The Hall–Kier alpha value is -1.72. The first-order valence-electron chi connectivity index (χ1n) is 7.69. The summed E-state index contributed by atoms with van der Waals surface area (Å²) in [6, 6.07) is 0. The van der Waals surface area contributed by atoms with Gasteiger partial charge < -0.3 is 4.90 Å². The Balaban J connectivity index is 1.56. The van der Waals surface area contributed by atoms with Gasteiger partial charge in [0.15, 0.2) is 11.7 Å². The summed E-state index contributed by atoms with van der Waals surface area (Å²) in [7, 11) is 0. The highest BCUT2D eigenvalue weighted by atomic mass is 19.1. The molecule has 1 saturated heterocycles. The Morgan fingerprint density at radius 3 is 2.67 bits per heavy atom. The van der Waals surface area contributed by atoms with E-state index in [1.165, 1.54) is 25.7 Å². The first kappa shape index (κ1) is 13.0. The number of nitrogens with one attached hydrogen (secondary N) is 1. The largest absolute Gasteiger partial charge is 0.336 e. The molecule has 2 saturated carbocycles. The normalized spacial score (nSPS) is 28.9. The Kier molecular flexibility index (Phi) is 2.87. The van der Waals surface area contributed by atoms with Crippen LogP contribution in [0.25, 0.3) is 0 Å². The smallest absolute Gasteiger partial charge is 0.281 e. The molecule has 1 N–H and O–H groups in total. The SMILES string of the molecule is C=C(F)C(=O)N1C[C@@H](c2nc(C3CC3)n[nH]2)[C@H](C2CC2)C1. The van der Waals surface area contributed by atoms with Crippen LogP contribution in [-0.4, -0.2) is 39.1 Å². The third-order valence-electron chi connectivity index (χ3n) is 4.93. The Labute approximate surface area is 122 Å². The van der Waals surface area contributed by atoms with Gasteiger partial charge in [-0.2, -0.15) is 5.10 Å². The molecule has 3 fully saturated rings. The van der Waals surface area contributed by atoms with Gasteiger partial charge in [-0.25, -0.2) is 9.37 Å². The summed E-state index contributed by atoms with van der Waals surface area (Å²) in [4.78, 5) is 18.1. The summed E-state index contributed by atoms with van der Waals surface area (Å²) >= 11 is 0. The monoisotopic (exact) mass is 290 g/mol. The first-order chi connectivity index (χ1) is 10.1. The lowest BCUT2D eigenvalue weighted by Crippen LogP contribution is -2.29. The summed E-state index contributed by atoms with van der Waals surface area (Å²) in [6.45, 7) is 4.25. The average Bonchev–Trinajstić information content (AvgIpc) is 3.40. The van der Waals surface area contributed by atoms with Gasteiger partial charge in [0, 0.05) is 24.9 Å². The van der Waals surface area contributed by atoms with Gasteiger partial charge >= 0.3 is 0 Å². The second kappa shape index (κ2) is 4.64. The van der Waals surface area contributed by atoms with Crippen LogP contribution in [0.3, 0.4) is 0 Å². The quantitative estimate of drug-likeness (QED) is 0.864. The minimum absolute atomic E-state index is 0.154. The maximum Gasteiger partial charge on any atom is 0.281 e. The van der Waals surface area contributed by atoms with Crippen molar-refractivity contribution in [3.8, 4) is 0 Å². The molecule has 21 heavy (non-hydrogen) atoms. The van der Waals surface area contributed by atoms with E-state index in [-0.39, 0.29) is 5.92 Å². The number of carbonyl (C=O) groups excluding carboxylic acids is 1. The van der Waals surface area contributed by atoms with Crippen LogP contribution in [0.5, 0.6) is 0 Å². The molecule has 5 nitrogen and oxygen atoms in total. The fourth-order valence-electron chi connectivity index (χ4n) is 3.44. The maximum atomic E-state index is 13.1. The van der Waals surface area contributed by atoms with Gasteiger partial charge in [-0.1, -0.05) is 6.58 Å². The molecule has 112 valence electrons. The lowest BCUT2D eigenvalue weighted by Gasteiger charge is -2.14. The Morgan fingerprint density at radius 1 is 1.29 bits per heavy atom. The van der Waals surface area contributed by atoms with Crippen LogP contribution in [-0.2, 0) is 4.79 Å². The number of rotatable bonds is 4. The van der Waals surface area contributed by atoms with E-state index in [0.717, 1.165) is 11.6 Å². The van der Waals surface area contributed by atoms with Crippen LogP contribution in [0.1, 0.15) is 49.2 Å². The molecular formula is C15H19FN4O. The molecule has 2 heterocycles. The molecular weight excluding hydrogens is 271 g/mol. The molecule has 0 radical (unpaired) electrons. The number of hydrogen-bond donors (Lipinski definition) is 1. The molecule has 1 aromatic heterocycles. The van der Waals surface area contributed by atoms with Crippen LogP contribution in [0, 0.1) is 11.8 Å². The lowest BCUT2D eigenvalue weighted by molar-refractivity contribution is -0.127. The topological polar surface area (TPSA) is 61.9 Å². The van der Waals surface area contributed by atoms with E-state index in [9.17, 15) is 9.18 Å². The Morgan fingerprint density at radius 2 is 2.05 bits per heavy atom. The van der Waals surface area contributed by atoms with Gasteiger partial charge in [0.2, 0.25) is 0 Å². The Bertz CT molecular complexity index is 590. The van der Waals surface area contributed by atoms with Gasteiger partial charge in [-0.15, -0.1) is 0 Å². The van der Waals surface area contributed by atoms with E-state index in [1.54, 1.807) is 4.90 Å². The molecule has 0 aromatic carbocycles. The predicted molar refractivity (Wildman–Crippen MR) is 74.1 cm³/mol. The van der Waals surface area contributed by atoms with Crippen LogP contribution < -0.4 is 0 Å². The zero-order valence-electron chi connectivity index (χ0n) is 11.9. The number of hydrogen-bond acceptors (Lipinski definition) is 3. The number of halogens is 1. The van der Waals surface area contributed by atoms with Gasteiger partial charge in [0.25, 0.3) is 5.91 Å². The van der Waals surface area contributed by atoms with E-state index >= 15 is 0 Å². The van der Waals surface area contributed by atoms with Crippen LogP contribution in [0.4, 0.5) is 4.39 Å². The molecule has 2 atom stereocenters. The van der Waals surface area contributed by atoms with Crippen molar-refractivity contribution in [3.63, 3.8) is 0 Å². The van der Waals surface area contributed by atoms with E-state index in [4.69, 9.17) is 0 Å². The van der Waals surface area contributed by atoms with E-state index in [0.29, 0.717) is 30.8 Å². The summed E-state index contributed by atoms with van der Waals surface area (Å²) < 4.78 is 13.1. The van der Waals surface area contributed by atoms with E-state index in [2.05, 4.69) is 21.8 Å². The van der Waals surface area contributed by atoms with Gasteiger partial charge in [-0.3, -0.25) is 9.89 Å². The zero-order chi connectivity index (χ0) is 14.6. The van der Waals surface area contributed by atoms with Crippen molar-refractivity contribution in [2.75, 3.05) is 13.1 Å². The molecule has 1 aliphatic heterocycles. The van der Waals surface area contributed by atoms with Crippen molar-refractivity contribution in [2.24, 2.45) is 11.8 Å². The third-order valence-corrected chi connectivity index (χ3v) is 4.93. The molecule has 2 aliphatic carbocycles. The molecule has 4 rings (SSSR count). The number of likely N-dealkylation sites (tertiary alicyclic amines) is 1. The van der Waals surface area contributed by atoms with Crippen molar-refractivity contribution in [1.29, 1.82) is 0 Å². The number of H-pyrrole nitrogens is 1. The molecule has 1 amide bonds. The highest BCUT2D eigenvalue weighted by Gasteiger charge is 2.46. The van der Waals surface area contributed by atoms with Crippen LogP contribution >= 0.6 is 0 Å². The lowest BCUT2D eigenvalue weighted by atomic mass is 9.91. The molecule has 3 aliphatic rings. The van der Waals surface area contributed by atoms with Crippen LogP contribution in [0.2, 0.25) is 0 Å². The zero-order valence-corrected chi connectivity index (χ0v) is 11.9. The average molecular weight is 290 g/mol. The van der Waals surface area contributed by atoms with Crippen molar-refractivity contribution >= 4 is 5.91 Å². The molecule has 6 heteroatoms. The fraction of sp³-hybridized carbons (Fsp3) is 0.667. The summed E-state index contributed by atoms with van der Waals surface area (Å²) in [6.07, 6.45) is 4.73. The summed E-state index contributed by atoms with van der Waals surface area (Å²) in [5.41, 5.74) is 0. The minimum Gasteiger partial charge on any atom is -0.336 e. The predicted octanol–water partition coefficient (Wildman–Crippen LogP) is 2.12. The molecule has 0 spiro atoms. The fourth-order valence-corrected chi connectivity index (χ4v) is 3.44. The molecule has 0 unspecified atom stereocenters. The van der Waals surface area contributed by atoms with Crippen molar-refractivity contribution in [2.45, 2.75) is 37.5 Å². The number of amides is 1. The molecule has 0 bridgehead atoms. The third kappa shape index (κ3) is 2.36. The standard InChI is InChI=1S/C15H19FN4O/c1-8(16)15(21)20-6-11(9-2-3-9)12(7-20)14-17-13(18-19-14)10-4-5-10/h9-12H,1-7H2,(H,17,18,19)/t11-,12+/m0/s1. The maximum absolute atomic E-state index is 13.1. The summed E-state index contributed by atoms with van der Waals surface area (Å²) in [5.74, 6) is 1.99. The van der Waals surface area contributed by atoms with Crippen LogP contribution in [0.15, 0.2) is 12.4 Å². The van der Waals surface area contributed by atoms with E-state index in [1.807, 2.05) is 0 Å².